The molecular weight excluding hydrogens is 386 g/mol. The number of hydrogen-bond donors (Lipinski definition) is 1. The van der Waals surface area contributed by atoms with E-state index in [0.29, 0.717) is 18.7 Å². The van der Waals surface area contributed by atoms with Crippen molar-refractivity contribution in [2.75, 3.05) is 0 Å². The van der Waals surface area contributed by atoms with E-state index in [1.807, 2.05) is 13.8 Å². The van der Waals surface area contributed by atoms with Crippen LogP contribution in [-0.2, 0) is 17.8 Å². The minimum atomic E-state index is -2.88. The summed E-state index contributed by atoms with van der Waals surface area (Å²) >= 11 is 0. The maximum Gasteiger partial charge on any atom is 0.387 e. The highest BCUT2D eigenvalue weighted by Gasteiger charge is 2.47. The topological polar surface area (TPSA) is 97.6 Å². The second-order valence-corrected chi connectivity index (χ2v) is 7.38. The molecule has 1 atom stereocenters. The third-order valence-electron chi connectivity index (χ3n) is 4.70. The second kappa shape index (κ2) is 8.14. The molecule has 0 radical (unpaired) electrons. The van der Waals surface area contributed by atoms with Gasteiger partial charge in [-0.1, -0.05) is 31.1 Å². The third-order valence-corrected chi connectivity index (χ3v) is 4.70. The first-order valence-corrected chi connectivity index (χ1v) is 9.18. The number of carbonyl (C=O) groups excluding carboxylic acids is 2. The predicted octanol–water partition coefficient (Wildman–Crippen LogP) is 3.24. The molecular formula is C19H22F2N4O4. The number of ether oxygens (including phenoxy) is 1. The lowest BCUT2D eigenvalue weighted by Gasteiger charge is -2.21. The van der Waals surface area contributed by atoms with Gasteiger partial charge in [0.05, 0.1) is 0 Å². The Morgan fingerprint density at radius 3 is 2.52 bits per heavy atom. The third kappa shape index (κ3) is 4.69. The van der Waals surface area contributed by atoms with Gasteiger partial charge < -0.3 is 14.6 Å². The lowest BCUT2D eigenvalue weighted by atomic mass is 9.93. The van der Waals surface area contributed by atoms with E-state index in [4.69, 9.17) is 4.52 Å². The van der Waals surface area contributed by atoms with Gasteiger partial charge in [0.15, 0.2) is 5.82 Å². The number of urea groups is 1. The number of aromatic nitrogens is 2. The van der Waals surface area contributed by atoms with Crippen molar-refractivity contribution in [2.24, 2.45) is 0 Å². The van der Waals surface area contributed by atoms with Crippen molar-refractivity contribution >= 4 is 11.9 Å². The van der Waals surface area contributed by atoms with Crippen molar-refractivity contribution < 1.29 is 27.6 Å². The fourth-order valence-corrected chi connectivity index (χ4v) is 2.99. The van der Waals surface area contributed by atoms with Gasteiger partial charge in [0.1, 0.15) is 17.8 Å². The van der Waals surface area contributed by atoms with Crippen molar-refractivity contribution in [2.45, 2.75) is 58.2 Å². The fraction of sp³-hybridized carbons (Fsp3) is 0.474. The zero-order chi connectivity index (χ0) is 21.2. The summed E-state index contributed by atoms with van der Waals surface area (Å²) in [6.07, 6.45) is 0.799. The first kappa shape index (κ1) is 20.7. The Morgan fingerprint density at radius 2 is 1.93 bits per heavy atom. The average Bonchev–Trinajstić information content (AvgIpc) is 3.20. The van der Waals surface area contributed by atoms with Crippen molar-refractivity contribution in [1.29, 1.82) is 0 Å². The Bertz CT molecular complexity index is 885. The molecule has 3 amide bonds. The Labute approximate surface area is 166 Å². The highest BCUT2D eigenvalue weighted by molar-refractivity contribution is 6.06. The number of nitrogens with one attached hydrogen (secondary N) is 1. The van der Waals surface area contributed by atoms with Crippen LogP contribution in [0, 0.1) is 0 Å². The fourth-order valence-electron chi connectivity index (χ4n) is 2.99. The summed E-state index contributed by atoms with van der Waals surface area (Å²) in [7, 11) is 0. The highest BCUT2D eigenvalue weighted by Crippen LogP contribution is 2.25. The number of hydrogen-bond acceptors (Lipinski definition) is 6. The molecule has 10 heteroatoms. The molecule has 0 spiro atoms. The summed E-state index contributed by atoms with van der Waals surface area (Å²) in [5.41, 5.74) is -0.261. The van der Waals surface area contributed by atoms with Gasteiger partial charge in [-0.15, -0.1) is 0 Å². The SMILES string of the molecule is CC(C)c1noc(CN2C(=O)NC(C)(CCc3ccc(OC(F)F)cc3)C2=O)n1. The summed E-state index contributed by atoms with van der Waals surface area (Å²) in [5.74, 6) is 0.444. The largest absolute Gasteiger partial charge is 0.435 e. The first-order valence-electron chi connectivity index (χ1n) is 9.18. The maximum atomic E-state index is 12.8. The molecule has 3 rings (SSSR count). The number of nitrogens with zero attached hydrogens (tertiary/aromatic N) is 3. The minimum Gasteiger partial charge on any atom is -0.435 e. The summed E-state index contributed by atoms with van der Waals surface area (Å²) < 4.78 is 33.9. The van der Waals surface area contributed by atoms with Gasteiger partial charge in [-0.05, 0) is 37.5 Å². The lowest BCUT2D eigenvalue weighted by molar-refractivity contribution is -0.131. The van der Waals surface area contributed by atoms with E-state index >= 15 is 0 Å². The number of aryl methyl sites for hydroxylation is 1. The molecule has 1 fully saturated rings. The van der Waals surface area contributed by atoms with Gasteiger partial charge in [0, 0.05) is 5.92 Å². The molecule has 29 heavy (non-hydrogen) atoms. The molecule has 1 aromatic heterocycles. The van der Waals surface area contributed by atoms with E-state index in [0.717, 1.165) is 10.5 Å². The van der Waals surface area contributed by atoms with Crippen LogP contribution in [0.4, 0.5) is 13.6 Å². The van der Waals surface area contributed by atoms with E-state index in [-0.39, 0.29) is 30.0 Å². The lowest BCUT2D eigenvalue weighted by Crippen LogP contribution is -2.44. The zero-order valence-corrected chi connectivity index (χ0v) is 16.3. The molecule has 1 aliphatic rings. The van der Waals surface area contributed by atoms with Crippen LogP contribution in [-0.4, -0.2) is 39.1 Å². The number of rotatable bonds is 8. The van der Waals surface area contributed by atoms with Gasteiger partial charge in [-0.2, -0.15) is 13.8 Å². The van der Waals surface area contributed by atoms with Gasteiger partial charge in [0.25, 0.3) is 5.91 Å². The molecule has 2 aromatic rings. The summed E-state index contributed by atoms with van der Waals surface area (Å²) in [4.78, 5) is 30.4. The predicted molar refractivity (Wildman–Crippen MR) is 97.3 cm³/mol. The highest BCUT2D eigenvalue weighted by atomic mass is 19.3. The number of carbonyl (C=O) groups is 2. The van der Waals surface area contributed by atoms with Crippen LogP contribution in [0.15, 0.2) is 28.8 Å². The molecule has 1 unspecified atom stereocenters. The smallest absolute Gasteiger partial charge is 0.387 e. The number of amides is 3. The van der Waals surface area contributed by atoms with E-state index in [1.54, 1.807) is 19.1 Å². The van der Waals surface area contributed by atoms with Gasteiger partial charge in [-0.3, -0.25) is 9.69 Å². The molecule has 1 aromatic carbocycles. The number of alkyl halides is 2. The van der Waals surface area contributed by atoms with E-state index in [9.17, 15) is 18.4 Å². The Balaban J connectivity index is 1.62. The molecule has 8 nitrogen and oxygen atoms in total. The molecule has 0 saturated carbocycles. The molecule has 2 heterocycles. The Hall–Kier alpha value is -3.04. The summed E-state index contributed by atoms with van der Waals surface area (Å²) in [6, 6.07) is 5.64. The molecule has 0 aliphatic carbocycles. The zero-order valence-electron chi connectivity index (χ0n) is 16.3. The summed E-state index contributed by atoms with van der Waals surface area (Å²) in [6.45, 7) is 2.48. The van der Waals surface area contributed by atoms with Crippen LogP contribution in [0.5, 0.6) is 5.75 Å². The van der Waals surface area contributed by atoms with Crippen LogP contribution >= 0.6 is 0 Å². The van der Waals surface area contributed by atoms with Crippen molar-refractivity contribution in [3.63, 3.8) is 0 Å². The monoisotopic (exact) mass is 408 g/mol. The molecule has 1 N–H and O–H groups in total. The van der Waals surface area contributed by atoms with Crippen molar-refractivity contribution in [1.82, 2.24) is 20.4 Å². The van der Waals surface area contributed by atoms with Crippen LogP contribution in [0.2, 0.25) is 0 Å². The van der Waals surface area contributed by atoms with E-state index in [2.05, 4.69) is 20.2 Å². The Morgan fingerprint density at radius 1 is 1.24 bits per heavy atom. The van der Waals surface area contributed by atoms with Gasteiger partial charge >= 0.3 is 12.6 Å². The quantitative estimate of drug-likeness (QED) is 0.674. The van der Waals surface area contributed by atoms with Crippen LogP contribution in [0.3, 0.4) is 0 Å². The molecule has 0 bridgehead atoms. The van der Waals surface area contributed by atoms with E-state index in [1.165, 1.54) is 12.1 Å². The minimum absolute atomic E-state index is 0.0618. The van der Waals surface area contributed by atoms with E-state index < -0.39 is 18.2 Å². The van der Waals surface area contributed by atoms with Crippen molar-refractivity contribution in [3.05, 3.63) is 41.5 Å². The van der Waals surface area contributed by atoms with Gasteiger partial charge in [0.2, 0.25) is 5.89 Å². The maximum absolute atomic E-state index is 12.8. The number of benzene rings is 1. The standard InChI is InChI=1S/C19H22F2N4O4/c1-11(2)15-22-14(29-24-15)10-25-16(26)19(3,23-18(25)27)9-8-12-4-6-13(7-5-12)28-17(20)21/h4-7,11,17H,8-10H2,1-3H3,(H,23,27). The summed E-state index contributed by atoms with van der Waals surface area (Å²) in [5, 5.41) is 6.54. The second-order valence-electron chi connectivity index (χ2n) is 7.38. The number of halogens is 2. The van der Waals surface area contributed by atoms with Crippen LogP contribution in [0.25, 0.3) is 0 Å². The van der Waals surface area contributed by atoms with Crippen molar-refractivity contribution in [3.8, 4) is 5.75 Å². The molecule has 1 aliphatic heterocycles. The number of imide groups is 1. The molecule has 156 valence electrons. The normalized spacial score (nSPS) is 19.3. The van der Waals surface area contributed by atoms with Crippen LogP contribution in [0.1, 0.15) is 50.4 Å². The van der Waals surface area contributed by atoms with Crippen LogP contribution < -0.4 is 10.1 Å². The Kier molecular flexibility index (Phi) is 5.81. The molecule has 1 saturated heterocycles. The first-order chi connectivity index (χ1) is 13.7. The average molecular weight is 408 g/mol. The van der Waals surface area contributed by atoms with Gasteiger partial charge in [-0.25, -0.2) is 4.79 Å².